The predicted molar refractivity (Wildman–Crippen MR) is 75.7 cm³/mol. The van der Waals surface area contributed by atoms with Crippen LogP contribution in [0, 0.1) is 0 Å². The molecule has 0 aliphatic carbocycles. The molecule has 0 aromatic heterocycles. The molecule has 2 aromatic rings. The van der Waals surface area contributed by atoms with Gasteiger partial charge >= 0.3 is 0 Å². The van der Waals surface area contributed by atoms with Gasteiger partial charge in [0.25, 0.3) is 0 Å². The standard InChI is InChI=1S/C14H14P2/c1-3-7-13(8-4-1)15-11-12-16(15)14-9-5-2-6-10-14/h1-10H,11-12H2. The van der Waals surface area contributed by atoms with Crippen LogP contribution in [0.2, 0.25) is 0 Å². The molecule has 1 fully saturated rings. The van der Waals surface area contributed by atoms with Gasteiger partial charge in [0.05, 0.1) is 0 Å². The van der Waals surface area contributed by atoms with Gasteiger partial charge in [0.15, 0.2) is 0 Å². The molecule has 0 amide bonds. The van der Waals surface area contributed by atoms with Crippen molar-refractivity contribution in [3.63, 3.8) is 0 Å². The van der Waals surface area contributed by atoms with E-state index in [2.05, 4.69) is 60.7 Å². The monoisotopic (exact) mass is 244 g/mol. The van der Waals surface area contributed by atoms with Crippen molar-refractivity contribution in [3.8, 4) is 0 Å². The van der Waals surface area contributed by atoms with Crippen molar-refractivity contribution in [3.05, 3.63) is 60.7 Å². The summed E-state index contributed by atoms with van der Waals surface area (Å²) < 4.78 is 0. The summed E-state index contributed by atoms with van der Waals surface area (Å²) in [6.45, 7) is 0. The summed E-state index contributed by atoms with van der Waals surface area (Å²) in [4.78, 5) is 0. The summed E-state index contributed by atoms with van der Waals surface area (Å²) in [5.41, 5.74) is 0. The van der Waals surface area contributed by atoms with Crippen molar-refractivity contribution in [1.82, 2.24) is 0 Å². The van der Waals surface area contributed by atoms with Crippen molar-refractivity contribution < 1.29 is 0 Å². The molecule has 1 aliphatic heterocycles. The first-order chi connectivity index (χ1) is 7.95. The Kier molecular flexibility index (Phi) is 3.04. The van der Waals surface area contributed by atoms with Gasteiger partial charge in [0.1, 0.15) is 0 Å². The van der Waals surface area contributed by atoms with Crippen LogP contribution in [-0.4, -0.2) is 12.3 Å². The Labute approximate surface area is 99.1 Å². The molecule has 1 saturated heterocycles. The molecular formula is C14H14P2. The molecule has 2 atom stereocenters. The molecule has 3 rings (SSSR count). The van der Waals surface area contributed by atoms with Crippen LogP contribution in [0.1, 0.15) is 0 Å². The van der Waals surface area contributed by atoms with E-state index in [9.17, 15) is 0 Å². The van der Waals surface area contributed by atoms with Crippen molar-refractivity contribution in [1.29, 1.82) is 0 Å². The summed E-state index contributed by atoms with van der Waals surface area (Å²) in [5, 5.41) is 3.19. The molecule has 2 aromatic carbocycles. The normalized spacial score (nSPS) is 23.8. The van der Waals surface area contributed by atoms with E-state index in [0.29, 0.717) is 0 Å². The Bertz CT molecular complexity index is 407. The van der Waals surface area contributed by atoms with Gasteiger partial charge in [0, 0.05) is 0 Å². The summed E-state index contributed by atoms with van der Waals surface area (Å²) in [6, 6.07) is 22.2. The minimum Gasteiger partial charge on any atom is -0.0622 e. The Morgan fingerprint density at radius 2 is 0.938 bits per heavy atom. The van der Waals surface area contributed by atoms with E-state index in [-0.39, 0.29) is 15.2 Å². The second-order valence-corrected chi connectivity index (χ2v) is 10.3. The lowest BCUT2D eigenvalue weighted by molar-refractivity contribution is 1.49. The second kappa shape index (κ2) is 4.66. The van der Waals surface area contributed by atoms with Gasteiger partial charge in [-0.15, -0.1) is 0 Å². The average Bonchev–Trinajstić information content (AvgIpc) is 2.30. The minimum atomic E-state index is 0.132. The Morgan fingerprint density at radius 1 is 0.562 bits per heavy atom. The first kappa shape index (κ1) is 10.5. The van der Waals surface area contributed by atoms with E-state index >= 15 is 0 Å². The van der Waals surface area contributed by atoms with Crippen LogP contribution < -0.4 is 10.6 Å². The van der Waals surface area contributed by atoms with Crippen molar-refractivity contribution in [2.75, 3.05) is 12.3 Å². The zero-order valence-corrected chi connectivity index (χ0v) is 10.9. The Hall–Kier alpha value is -0.700. The summed E-state index contributed by atoms with van der Waals surface area (Å²) >= 11 is 0. The van der Waals surface area contributed by atoms with E-state index in [1.165, 1.54) is 12.3 Å². The predicted octanol–water partition coefficient (Wildman–Crippen LogP) is 3.53. The van der Waals surface area contributed by atoms with Gasteiger partial charge in [-0.2, -0.15) is 0 Å². The smallest absolute Gasteiger partial charge is 0.0193 e. The first-order valence-corrected chi connectivity index (χ1v) is 9.36. The van der Waals surface area contributed by atoms with E-state index in [0.717, 1.165) is 0 Å². The number of hydrogen-bond acceptors (Lipinski definition) is 0. The highest BCUT2D eigenvalue weighted by molar-refractivity contribution is 8.38. The van der Waals surface area contributed by atoms with Gasteiger partial charge in [-0.3, -0.25) is 0 Å². The van der Waals surface area contributed by atoms with Crippen molar-refractivity contribution in [2.24, 2.45) is 0 Å². The summed E-state index contributed by atoms with van der Waals surface area (Å²) in [6.07, 6.45) is 2.86. The zero-order valence-electron chi connectivity index (χ0n) is 9.08. The molecule has 16 heavy (non-hydrogen) atoms. The van der Waals surface area contributed by atoms with Crippen LogP contribution in [-0.2, 0) is 0 Å². The van der Waals surface area contributed by atoms with E-state index in [1.54, 1.807) is 10.6 Å². The van der Waals surface area contributed by atoms with Gasteiger partial charge in [-0.1, -0.05) is 60.7 Å². The topological polar surface area (TPSA) is 0 Å². The van der Waals surface area contributed by atoms with Gasteiger partial charge < -0.3 is 0 Å². The Balaban J connectivity index is 1.85. The number of rotatable bonds is 2. The largest absolute Gasteiger partial charge is 0.0622 e. The van der Waals surface area contributed by atoms with Crippen LogP contribution in [0.15, 0.2) is 60.7 Å². The van der Waals surface area contributed by atoms with Crippen molar-refractivity contribution in [2.45, 2.75) is 0 Å². The first-order valence-electron chi connectivity index (χ1n) is 5.60. The lowest BCUT2D eigenvalue weighted by atomic mass is 10.4. The van der Waals surface area contributed by atoms with E-state index in [1.807, 2.05) is 0 Å². The molecule has 1 heterocycles. The fourth-order valence-corrected chi connectivity index (χ4v) is 9.02. The Morgan fingerprint density at radius 3 is 1.25 bits per heavy atom. The van der Waals surface area contributed by atoms with E-state index in [4.69, 9.17) is 0 Å². The fraction of sp³-hybridized carbons (Fsp3) is 0.143. The molecule has 2 unspecified atom stereocenters. The fourth-order valence-electron chi connectivity index (χ4n) is 2.04. The third-order valence-corrected chi connectivity index (χ3v) is 11.3. The molecular weight excluding hydrogens is 230 g/mol. The van der Waals surface area contributed by atoms with Crippen LogP contribution >= 0.6 is 15.2 Å². The third-order valence-electron chi connectivity index (χ3n) is 2.92. The molecule has 0 bridgehead atoms. The maximum Gasteiger partial charge on any atom is -0.0193 e. The average molecular weight is 244 g/mol. The molecule has 0 spiro atoms. The molecule has 0 nitrogen and oxygen atoms in total. The SMILES string of the molecule is c1ccc(P2CCP2c2ccccc2)cc1. The molecule has 0 N–H and O–H groups in total. The minimum absolute atomic E-state index is 0.132. The zero-order chi connectivity index (χ0) is 10.8. The molecule has 0 radical (unpaired) electrons. The lowest BCUT2D eigenvalue weighted by Gasteiger charge is -2.38. The highest BCUT2D eigenvalue weighted by Crippen LogP contribution is 2.75. The van der Waals surface area contributed by atoms with Gasteiger partial charge in [0.2, 0.25) is 0 Å². The number of hydrogen-bond donors (Lipinski definition) is 0. The molecule has 80 valence electrons. The summed E-state index contributed by atoms with van der Waals surface area (Å²) in [7, 11) is 0.264. The summed E-state index contributed by atoms with van der Waals surface area (Å²) in [5.74, 6) is 0. The molecule has 1 aliphatic rings. The van der Waals surface area contributed by atoms with Crippen LogP contribution in [0.25, 0.3) is 0 Å². The van der Waals surface area contributed by atoms with Crippen LogP contribution in [0.3, 0.4) is 0 Å². The quantitative estimate of drug-likeness (QED) is 0.709. The highest BCUT2D eigenvalue weighted by Gasteiger charge is 2.32. The number of benzene rings is 2. The van der Waals surface area contributed by atoms with E-state index < -0.39 is 0 Å². The second-order valence-electron chi connectivity index (χ2n) is 3.92. The molecule has 2 heteroatoms. The highest BCUT2D eigenvalue weighted by atomic mass is 32.1. The maximum atomic E-state index is 2.31. The van der Waals surface area contributed by atoms with Crippen LogP contribution in [0.5, 0.6) is 0 Å². The van der Waals surface area contributed by atoms with Gasteiger partial charge in [-0.05, 0) is 38.2 Å². The van der Waals surface area contributed by atoms with Gasteiger partial charge in [-0.25, -0.2) is 0 Å². The lowest BCUT2D eigenvalue weighted by Crippen LogP contribution is -2.19. The maximum absolute atomic E-state index is 2.31. The van der Waals surface area contributed by atoms with Crippen LogP contribution in [0.4, 0.5) is 0 Å². The third kappa shape index (κ3) is 1.93. The molecule has 0 saturated carbocycles. The van der Waals surface area contributed by atoms with Crippen molar-refractivity contribution >= 4 is 25.8 Å².